The zero-order chi connectivity index (χ0) is 15.5. The number of nitrogens with zero attached hydrogens (tertiary/aromatic N) is 1. The van der Waals surface area contributed by atoms with Crippen molar-refractivity contribution in [2.75, 3.05) is 26.4 Å². The SMILES string of the molecule is CCNC(=NCc1ccc(C)cc1OCC)NCCCF. The van der Waals surface area contributed by atoms with Crippen LogP contribution in [0.5, 0.6) is 5.75 Å². The Kier molecular flexibility index (Phi) is 8.24. The van der Waals surface area contributed by atoms with Crippen LogP contribution >= 0.6 is 0 Å². The van der Waals surface area contributed by atoms with E-state index in [2.05, 4.69) is 21.7 Å². The highest BCUT2D eigenvalue weighted by Crippen LogP contribution is 2.21. The molecule has 0 fully saturated rings. The zero-order valence-corrected chi connectivity index (χ0v) is 13.2. The molecule has 21 heavy (non-hydrogen) atoms. The fourth-order valence-corrected chi connectivity index (χ4v) is 1.86. The summed E-state index contributed by atoms with van der Waals surface area (Å²) >= 11 is 0. The van der Waals surface area contributed by atoms with Gasteiger partial charge in [-0.3, -0.25) is 4.39 Å². The lowest BCUT2D eigenvalue weighted by Gasteiger charge is -2.12. The van der Waals surface area contributed by atoms with Crippen molar-refractivity contribution in [3.8, 4) is 5.75 Å². The molecule has 0 aromatic heterocycles. The number of rotatable bonds is 8. The number of guanidine groups is 1. The minimum Gasteiger partial charge on any atom is -0.494 e. The minimum atomic E-state index is -0.321. The fraction of sp³-hybridized carbons (Fsp3) is 0.562. The first kappa shape index (κ1) is 17.3. The Morgan fingerprint density at radius 2 is 2.10 bits per heavy atom. The maximum atomic E-state index is 12.1. The number of aliphatic imine (C=N–C) groups is 1. The van der Waals surface area contributed by atoms with Crippen LogP contribution < -0.4 is 15.4 Å². The standard InChI is InChI=1S/C16H26FN3O/c1-4-18-16(19-10-6-9-17)20-12-14-8-7-13(3)11-15(14)21-5-2/h7-8,11H,4-6,9-10,12H2,1-3H3,(H2,18,19,20). The van der Waals surface area contributed by atoms with Crippen LogP contribution in [0.2, 0.25) is 0 Å². The van der Waals surface area contributed by atoms with Crippen molar-refractivity contribution in [1.82, 2.24) is 10.6 Å². The van der Waals surface area contributed by atoms with Crippen molar-refractivity contribution in [3.05, 3.63) is 29.3 Å². The van der Waals surface area contributed by atoms with E-state index in [4.69, 9.17) is 4.74 Å². The highest BCUT2D eigenvalue weighted by molar-refractivity contribution is 5.79. The molecule has 1 rings (SSSR count). The molecule has 0 aliphatic carbocycles. The summed E-state index contributed by atoms with van der Waals surface area (Å²) in [6.45, 7) is 8.20. The van der Waals surface area contributed by atoms with Gasteiger partial charge in [-0.05, 0) is 38.8 Å². The quantitative estimate of drug-likeness (QED) is 0.440. The third kappa shape index (κ3) is 6.47. The number of hydrogen-bond acceptors (Lipinski definition) is 2. The molecule has 0 saturated carbocycles. The summed E-state index contributed by atoms with van der Waals surface area (Å²) in [5.74, 6) is 1.58. The number of halogens is 1. The van der Waals surface area contributed by atoms with E-state index in [1.54, 1.807) is 0 Å². The molecule has 0 heterocycles. The van der Waals surface area contributed by atoms with Crippen LogP contribution in [0.4, 0.5) is 4.39 Å². The molecule has 0 amide bonds. The molecule has 0 radical (unpaired) electrons. The van der Waals surface area contributed by atoms with Gasteiger partial charge < -0.3 is 15.4 Å². The largest absolute Gasteiger partial charge is 0.494 e. The Hall–Kier alpha value is -1.78. The lowest BCUT2D eigenvalue weighted by Crippen LogP contribution is -2.37. The van der Waals surface area contributed by atoms with E-state index in [1.165, 1.54) is 5.56 Å². The second kappa shape index (κ2) is 10.0. The van der Waals surface area contributed by atoms with Gasteiger partial charge in [0.05, 0.1) is 19.8 Å². The zero-order valence-electron chi connectivity index (χ0n) is 13.2. The van der Waals surface area contributed by atoms with Crippen LogP contribution in [0, 0.1) is 6.92 Å². The molecule has 0 spiro atoms. The predicted octanol–water partition coefficient (Wildman–Crippen LogP) is 2.81. The molecule has 0 saturated heterocycles. The summed E-state index contributed by atoms with van der Waals surface area (Å²) in [7, 11) is 0. The van der Waals surface area contributed by atoms with Gasteiger partial charge in [-0.25, -0.2) is 4.99 Å². The van der Waals surface area contributed by atoms with Gasteiger partial charge in [0.15, 0.2) is 5.96 Å². The molecule has 0 unspecified atom stereocenters. The van der Waals surface area contributed by atoms with E-state index in [-0.39, 0.29) is 6.67 Å². The summed E-state index contributed by atoms with van der Waals surface area (Å²) in [6.07, 6.45) is 0.485. The average Bonchev–Trinajstić information content (AvgIpc) is 2.47. The number of aryl methyl sites for hydroxylation is 1. The van der Waals surface area contributed by atoms with Crippen LogP contribution in [-0.4, -0.2) is 32.3 Å². The van der Waals surface area contributed by atoms with Crippen LogP contribution in [0.15, 0.2) is 23.2 Å². The number of hydrogen-bond donors (Lipinski definition) is 2. The Balaban J connectivity index is 2.74. The Morgan fingerprint density at radius 3 is 2.76 bits per heavy atom. The van der Waals surface area contributed by atoms with Crippen molar-refractivity contribution in [1.29, 1.82) is 0 Å². The molecule has 0 aliphatic heterocycles. The highest BCUT2D eigenvalue weighted by Gasteiger charge is 2.04. The second-order valence-corrected chi connectivity index (χ2v) is 4.71. The predicted molar refractivity (Wildman–Crippen MR) is 85.8 cm³/mol. The van der Waals surface area contributed by atoms with Gasteiger partial charge in [0.1, 0.15) is 5.75 Å². The Labute approximate surface area is 126 Å². The minimum absolute atomic E-state index is 0.321. The van der Waals surface area contributed by atoms with Gasteiger partial charge >= 0.3 is 0 Å². The van der Waals surface area contributed by atoms with Crippen LogP contribution in [0.3, 0.4) is 0 Å². The summed E-state index contributed by atoms with van der Waals surface area (Å²) in [5.41, 5.74) is 2.21. The molecule has 5 heteroatoms. The number of nitrogens with one attached hydrogen (secondary N) is 2. The smallest absolute Gasteiger partial charge is 0.191 e. The maximum Gasteiger partial charge on any atom is 0.191 e. The van der Waals surface area contributed by atoms with Crippen molar-refractivity contribution in [3.63, 3.8) is 0 Å². The summed E-state index contributed by atoms with van der Waals surface area (Å²) in [5, 5.41) is 6.26. The van der Waals surface area contributed by atoms with Crippen molar-refractivity contribution >= 4 is 5.96 Å². The van der Waals surface area contributed by atoms with E-state index >= 15 is 0 Å². The molecule has 0 bridgehead atoms. The summed E-state index contributed by atoms with van der Waals surface area (Å²) < 4.78 is 17.8. The molecular formula is C16H26FN3O. The third-order valence-corrected chi connectivity index (χ3v) is 2.88. The van der Waals surface area contributed by atoms with Crippen LogP contribution in [-0.2, 0) is 6.54 Å². The van der Waals surface area contributed by atoms with Crippen molar-refractivity contribution in [2.24, 2.45) is 4.99 Å². The summed E-state index contributed by atoms with van der Waals surface area (Å²) in [4.78, 5) is 4.52. The van der Waals surface area contributed by atoms with E-state index in [9.17, 15) is 4.39 Å². The van der Waals surface area contributed by atoms with Gasteiger partial charge in [0, 0.05) is 18.7 Å². The molecule has 1 aromatic carbocycles. The fourth-order valence-electron chi connectivity index (χ4n) is 1.86. The molecule has 4 nitrogen and oxygen atoms in total. The first-order valence-corrected chi connectivity index (χ1v) is 7.51. The molecule has 2 N–H and O–H groups in total. The van der Waals surface area contributed by atoms with Crippen LogP contribution in [0.1, 0.15) is 31.4 Å². The van der Waals surface area contributed by atoms with Gasteiger partial charge in [-0.15, -0.1) is 0 Å². The third-order valence-electron chi connectivity index (χ3n) is 2.88. The normalized spacial score (nSPS) is 11.3. The van der Waals surface area contributed by atoms with E-state index in [0.717, 1.165) is 17.9 Å². The van der Waals surface area contributed by atoms with E-state index in [0.29, 0.717) is 32.1 Å². The average molecular weight is 295 g/mol. The number of alkyl halides is 1. The van der Waals surface area contributed by atoms with Gasteiger partial charge in [0.2, 0.25) is 0 Å². The molecule has 118 valence electrons. The van der Waals surface area contributed by atoms with Gasteiger partial charge in [-0.1, -0.05) is 12.1 Å². The van der Waals surface area contributed by atoms with Crippen molar-refractivity contribution in [2.45, 2.75) is 33.7 Å². The first-order valence-electron chi connectivity index (χ1n) is 7.51. The lowest BCUT2D eigenvalue weighted by molar-refractivity contribution is 0.336. The van der Waals surface area contributed by atoms with Gasteiger partial charge in [0.25, 0.3) is 0 Å². The van der Waals surface area contributed by atoms with Gasteiger partial charge in [-0.2, -0.15) is 0 Å². The second-order valence-electron chi connectivity index (χ2n) is 4.71. The molecule has 0 aliphatic rings. The number of ether oxygens (including phenoxy) is 1. The Bertz CT molecular complexity index is 449. The first-order chi connectivity index (χ1) is 10.2. The molecule has 0 atom stereocenters. The monoisotopic (exact) mass is 295 g/mol. The summed E-state index contributed by atoms with van der Waals surface area (Å²) in [6, 6.07) is 6.11. The Morgan fingerprint density at radius 1 is 1.29 bits per heavy atom. The van der Waals surface area contributed by atoms with E-state index in [1.807, 2.05) is 32.9 Å². The maximum absolute atomic E-state index is 12.1. The van der Waals surface area contributed by atoms with Crippen molar-refractivity contribution < 1.29 is 9.13 Å². The van der Waals surface area contributed by atoms with E-state index < -0.39 is 0 Å². The highest BCUT2D eigenvalue weighted by atomic mass is 19.1. The van der Waals surface area contributed by atoms with Crippen LogP contribution in [0.25, 0.3) is 0 Å². The topological polar surface area (TPSA) is 45.7 Å². The molecular weight excluding hydrogens is 269 g/mol. The molecule has 1 aromatic rings. The number of benzene rings is 1. The lowest BCUT2D eigenvalue weighted by atomic mass is 10.1.